The molecule has 27 heavy (non-hydrogen) atoms. The number of benzene rings is 1. The molecule has 0 aromatic heterocycles. The molecule has 2 fully saturated rings. The van der Waals surface area contributed by atoms with Crippen LogP contribution in [0.2, 0.25) is 0 Å². The maximum absolute atomic E-state index is 12.4. The molecule has 2 amide bonds. The van der Waals surface area contributed by atoms with Gasteiger partial charge in [0.1, 0.15) is 0 Å². The van der Waals surface area contributed by atoms with Gasteiger partial charge in [0.15, 0.2) is 0 Å². The van der Waals surface area contributed by atoms with Crippen LogP contribution in [0, 0.1) is 19.8 Å². The maximum Gasteiger partial charge on any atom is 0.238 e. The molecule has 2 aliphatic rings. The van der Waals surface area contributed by atoms with Gasteiger partial charge in [0.2, 0.25) is 11.8 Å². The summed E-state index contributed by atoms with van der Waals surface area (Å²) in [5, 5.41) is 3.05. The van der Waals surface area contributed by atoms with E-state index >= 15 is 0 Å². The van der Waals surface area contributed by atoms with Gasteiger partial charge in [0, 0.05) is 38.3 Å². The zero-order valence-corrected chi connectivity index (χ0v) is 16.8. The summed E-state index contributed by atoms with van der Waals surface area (Å²) in [5.74, 6) is 1.08. The van der Waals surface area contributed by atoms with Crippen LogP contribution in [0.3, 0.4) is 0 Å². The highest BCUT2D eigenvalue weighted by molar-refractivity contribution is 5.93. The number of aryl methyl sites for hydroxylation is 2. The lowest BCUT2D eigenvalue weighted by molar-refractivity contribution is -0.133. The standard InChI is InChI=1S/C22H33N3O2/c1-17-6-5-7-18(2)22(17)23-20(26)16-24-12-14-25(15-13-24)21(27)11-10-19-8-3-4-9-19/h5-7,19H,3-4,8-16H2,1-2H3,(H,23,26). The van der Waals surface area contributed by atoms with Crippen molar-refractivity contribution in [1.82, 2.24) is 9.80 Å². The Labute approximate surface area is 163 Å². The predicted octanol–water partition coefficient (Wildman–Crippen LogP) is 3.36. The molecule has 5 nitrogen and oxygen atoms in total. The van der Waals surface area contributed by atoms with Crippen LogP contribution in [0.15, 0.2) is 18.2 Å². The SMILES string of the molecule is Cc1cccc(C)c1NC(=O)CN1CCN(C(=O)CCC2CCCC2)CC1. The van der Waals surface area contributed by atoms with Crippen molar-refractivity contribution in [2.24, 2.45) is 5.92 Å². The number of carbonyl (C=O) groups is 2. The van der Waals surface area contributed by atoms with Crippen LogP contribution in [0.4, 0.5) is 5.69 Å². The van der Waals surface area contributed by atoms with E-state index in [1.807, 2.05) is 36.9 Å². The van der Waals surface area contributed by atoms with Gasteiger partial charge in [-0.25, -0.2) is 0 Å². The fraction of sp³-hybridized carbons (Fsp3) is 0.636. The number of nitrogens with zero attached hydrogens (tertiary/aromatic N) is 2. The fourth-order valence-corrected chi connectivity index (χ4v) is 4.33. The van der Waals surface area contributed by atoms with Crippen LogP contribution < -0.4 is 5.32 Å². The summed E-state index contributed by atoms with van der Waals surface area (Å²) in [6.07, 6.45) is 7.02. The third-order valence-electron chi connectivity index (χ3n) is 6.08. The van der Waals surface area contributed by atoms with Gasteiger partial charge < -0.3 is 10.2 Å². The third-order valence-corrected chi connectivity index (χ3v) is 6.08. The maximum atomic E-state index is 12.4. The summed E-state index contributed by atoms with van der Waals surface area (Å²) in [6, 6.07) is 6.03. The van der Waals surface area contributed by atoms with Gasteiger partial charge in [0.25, 0.3) is 0 Å². The molecule has 5 heteroatoms. The molecule has 1 aromatic carbocycles. The number of amides is 2. The zero-order valence-electron chi connectivity index (χ0n) is 16.8. The Kier molecular flexibility index (Phi) is 6.89. The lowest BCUT2D eigenvalue weighted by Gasteiger charge is -2.34. The normalized spacial score (nSPS) is 18.7. The molecule has 1 heterocycles. The summed E-state index contributed by atoms with van der Waals surface area (Å²) in [7, 11) is 0. The highest BCUT2D eigenvalue weighted by atomic mass is 16.2. The Balaban J connectivity index is 1.39. The van der Waals surface area contributed by atoms with Gasteiger partial charge in [-0.3, -0.25) is 14.5 Å². The minimum absolute atomic E-state index is 0.0217. The Hall–Kier alpha value is -1.88. The number of hydrogen-bond acceptors (Lipinski definition) is 3. The quantitative estimate of drug-likeness (QED) is 0.834. The van der Waals surface area contributed by atoms with Gasteiger partial charge >= 0.3 is 0 Å². The second-order valence-corrected chi connectivity index (χ2v) is 8.16. The van der Waals surface area contributed by atoms with Crippen LogP contribution in [-0.2, 0) is 9.59 Å². The Morgan fingerprint density at radius 3 is 2.30 bits per heavy atom. The van der Waals surface area contributed by atoms with E-state index in [9.17, 15) is 9.59 Å². The van der Waals surface area contributed by atoms with E-state index in [1.165, 1.54) is 25.7 Å². The smallest absolute Gasteiger partial charge is 0.238 e. The number of rotatable bonds is 6. The van der Waals surface area contributed by atoms with Gasteiger partial charge in [-0.05, 0) is 37.3 Å². The van der Waals surface area contributed by atoms with Crippen molar-refractivity contribution < 1.29 is 9.59 Å². The van der Waals surface area contributed by atoms with Crippen molar-refractivity contribution in [3.05, 3.63) is 29.3 Å². The number of para-hydroxylation sites is 1. The topological polar surface area (TPSA) is 52.7 Å². The molecule has 0 bridgehead atoms. The zero-order chi connectivity index (χ0) is 19.2. The molecule has 0 atom stereocenters. The Morgan fingerprint density at radius 2 is 1.67 bits per heavy atom. The van der Waals surface area contributed by atoms with Gasteiger partial charge in [0.05, 0.1) is 6.54 Å². The molecule has 0 spiro atoms. The van der Waals surface area contributed by atoms with E-state index < -0.39 is 0 Å². The minimum atomic E-state index is 0.0217. The van der Waals surface area contributed by atoms with E-state index in [2.05, 4.69) is 10.2 Å². The summed E-state index contributed by atoms with van der Waals surface area (Å²) in [6.45, 7) is 7.43. The first-order valence-electron chi connectivity index (χ1n) is 10.4. The van der Waals surface area contributed by atoms with Crippen molar-refractivity contribution in [3.63, 3.8) is 0 Å². The molecule has 1 aliphatic carbocycles. The van der Waals surface area contributed by atoms with Crippen LogP contribution in [0.1, 0.15) is 49.7 Å². The van der Waals surface area contributed by atoms with Crippen molar-refractivity contribution in [1.29, 1.82) is 0 Å². The second-order valence-electron chi connectivity index (χ2n) is 8.16. The van der Waals surface area contributed by atoms with Crippen molar-refractivity contribution in [3.8, 4) is 0 Å². The highest BCUT2D eigenvalue weighted by Crippen LogP contribution is 2.28. The number of anilines is 1. The summed E-state index contributed by atoms with van der Waals surface area (Å²) in [5.41, 5.74) is 3.09. The van der Waals surface area contributed by atoms with Crippen LogP contribution in [-0.4, -0.2) is 54.3 Å². The molecule has 148 valence electrons. The summed E-state index contributed by atoms with van der Waals surface area (Å²) in [4.78, 5) is 29.0. The lowest BCUT2D eigenvalue weighted by atomic mass is 10.0. The minimum Gasteiger partial charge on any atom is -0.340 e. The molecule has 1 aliphatic heterocycles. The summed E-state index contributed by atoms with van der Waals surface area (Å²) < 4.78 is 0. The first-order chi connectivity index (χ1) is 13.0. The molecule has 1 saturated heterocycles. The molecule has 1 N–H and O–H groups in total. The lowest BCUT2D eigenvalue weighted by Crippen LogP contribution is -2.50. The van der Waals surface area contributed by atoms with Crippen LogP contribution in [0.5, 0.6) is 0 Å². The Bertz CT molecular complexity index is 639. The molecule has 0 radical (unpaired) electrons. The van der Waals surface area contributed by atoms with Gasteiger partial charge in [-0.1, -0.05) is 43.9 Å². The first kappa shape index (κ1) is 19.9. The Morgan fingerprint density at radius 1 is 1.04 bits per heavy atom. The number of piperazine rings is 1. The largest absolute Gasteiger partial charge is 0.340 e. The van der Waals surface area contributed by atoms with Crippen LogP contribution >= 0.6 is 0 Å². The highest BCUT2D eigenvalue weighted by Gasteiger charge is 2.24. The molecular formula is C22H33N3O2. The van der Waals surface area contributed by atoms with Gasteiger partial charge in [-0.15, -0.1) is 0 Å². The second kappa shape index (κ2) is 9.36. The molecular weight excluding hydrogens is 338 g/mol. The molecule has 1 aromatic rings. The van der Waals surface area contributed by atoms with Crippen molar-refractivity contribution >= 4 is 17.5 Å². The van der Waals surface area contributed by atoms with E-state index in [-0.39, 0.29) is 5.91 Å². The van der Waals surface area contributed by atoms with E-state index in [1.54, 1.807) is 0 Å². The molecule has 3 rings (SSSR count). The average molecular weight is 372 g/mol. The van der Waals surface area contributed by atoms with E-state index in [0.29, 0.717) is 18.9 Å². The molecule has 1 saturated carbocycles. The first-order valence-corrected chi connectivity index (χ1v) is 10.4. The predicted molar refractivity (Wildman–Crippen MR) is 109 cm³/mol. The van der Waals surface area contributed by atoms with Gasteiger partial charge in [-0.2, -0.15) is 0 Å². The van der Waals surface area contributed by atoms with Crippen molar-refractivity contribution in [2.45, 2.75) is 52.4 Å². The van der Waals surface area contributed by atoms with E-state index in [0.717, 1.165) is 55.3 Å². The number of carbonyl (C=O) groups excluding carboxylic acids is 2. The van der Waals surface area contributed by atoms with Crippen molar-refractivity contribution in [2.75, 3.05) is 38.0 Å². The number of hydrogen-bond donors (Lipinski definition) is 1. The third kappa shape index (κ3) is 5.55. The number of nitrogens with one attached hydrogen (secondary N) is 1. The van der Waals surface area contributed by atoms with Crippen LogP contribution in [0.25, 0.3) is 0 Å². The average Bonchev–Trinajstić information content (AvgIpc) is 3.17. The monoisotopic (exact) mass is 371 g/mol. The fourth-order valence-electron chi connectivity index (χ4n) is 4.33. The van der Waals surface area contributed by atoms with E-state index in [4.69, 9.17) is 0 Å². The summed E-state index contributed by atoms with van der Waals surface area (Å²) >= 11 is 0. The molecule has 0 unspecified atom stereocenters.